The summed E-state index contributed by atoms with van der Waals surface area (Å²) in [6, 6.07) is 6.07. The molecule has 2 heteroatoms. The lowest BCUT2D eigenvalue weighted by atomic mass is 10.0. The van der Waals surface area contributed by atoms with Crippen molar-refractivity contribution in [1.82, 2.24) is 0 Å². The molecule has 0 bridgehead atoms. The zero-order valence-electron chi connectivity index (χ0n) is 11.4. The first-order valence-corrected chi connectivity index (χ1v) is 6.37. The Hall–Kier alpha value is -1.02. The van der Waals surface area contributed by atoms with E-state index >= 15 is 0 Å². The van der Waals surface area contributed by atoms with Gasteiger partial charge in [-0.05, 0) is 41.5 Å². The Labute approximate surface area is 105 Å². The standard InChI is InChI=1S/C15H24O2/c1-11(2)5-13-6-14(9-16)8-15(7-13)17-10-12(3)4/h6-8,11-12,16H,5,9-10H2,1-4H3. The monoisotopic (exact) mass is 236 g/mol. The topological polar surface area (TPSA) is 29.5 Å². The largest absolute Gasteiger partial charge is 0.493 e. The van der Waals surface area contributed by atoms with Crippen LogP contribution >= 0.6 is 0 Å². The predicted octanol–water partition coefficient (Wildman–Crippen LogP) is 3.41. The van der Waals surface area contributed by atoms with Crippen LogP contribution in [0.4, 0.5) is 0 Å². The SMILES string of the molecule is CC(C)COc1cc(CO)cc(CC(C)C)c1. The molecule has 1 aromatic rings. The van der Waals surface area contributed by atoms with Crippen molar-refractivity contribution in [2.75, 3.05) is 6.61 Å². The van der Waals surface area contributed by atoms with Gasteiger partial charge in [-0.3, -0.25) is 0 Å². The number of aliphatic hydroxyl groups excluding tert-OH is 1. The van der Waals surface area contributed by atoms with Crippen molar-refractivity contribution in [3.05, 3.63) is 29.3 Å². The van der Waals surface area contributed by atoms with Crippen LogP contribution in [0.1, 0.15) is 38.8 Å². The van der Waals surface area contributed by atoms with Gasteiger partial charge in [0.1, 0.15) is 5.75 Å². The van der Waals surface area contributed by atoms with E-state index in [1.54, 1.807) is 0 Å². The van der Waals surface area contributed by atoms with Gasteiger partial charge in [0.05, 0.1) is 13.2 Å². The molecule has 0 aliphatic carbocycles. The highest BCUT2D eigenvalue weighted by molar-refractivity contribution is 5.34. The van der Waals surface area contributed by atoms with E-state index in [0.29, 0.717) is 11.8 Å². The molecule has 1 N–H and O–H groups in total. The summed E-state index contributed by atoms with van der Waals surface area (Å²) in [5.41, 5.74) is 2.17. The van der Waals surface area contributed by atoms with Crippen LogP contribution in [-0.2, 0) is 13.0 Å². The third-order valence-electron chi connectivity index (χ3n) is 2.44. The van der Waals surface area contributed by atoms with Gasteiger partial charge in [0.15, 0.2) is 0 Å². The van der Waals surface area contributed by atoms with Crippen molar-refractivity contribution in [3.8, 4) is 5.75 Å². The smallest absolute Gasteiger partial charge is 0.119 e. The second kappa shape index (κ2) is 6.65. The Morgan fingerprint density at radius 2 is 1.65 bits per heavy atom. The Balaban J connectivity index is 2.81. The molecule has 0 heterocycles. The average Bonchev–Trinajstić information content (AvgIpc) is 2.25. The van der Waals surface area contributed by atoms with Crippen LogP contribution in [0.3, 0.4) is 0 Å². The molecule has 17 heavy (non-hydrogen) atoms. The van der Waals surface area contributed by atoms with Crippen LogP contribution in [0.5, 0.6) is 5.75 Å². The molecule has 0 spiro atoms. The highest BCUT2D eigenvalue weighted by Crippen LogP contribution is 2.20. The quantitative estimate of drug-likeness (QED) is 0.820. The molecule has 96 valence electrons. The minimum Gasteiger partial charge on any atom is -0.493 e. The molecule has 0 atom stereocenters. The second-order valence-electron chi connectivity index (χ2n) is 5.45. The molecular formula is C15H24O2. The summed E-state index contributed by atoms with van der Waals surface area (Å²) in [5.74, 6) is 2.00. The van der Waals surface area contributed by atoms with E-state index in [9.17, 15) is 5.11 Å². The maximum atomic E-state index is 9.24. The summed E-state index contributed by atoms with van der Waals surface area (Å²) < 4.78 is 5.72. The molecule has 0 amide bonds. The van der Waals surface area contributed by atoms with Gasteiger partial charge in [-0.2, -0.15) is 0 Å². The Kier molecular flexibility index (Phi) is 5.49. The fraction of sp³-hybridized carbons (Fsp3) is 0.600. The summed E-state index contributed by atoms with van der Waals surface area (Å²) >= 11 is 0. The van der Waals surface area contributed by atoms with Crippen molar-refractivity contribution in [3.63, 3.8) is 0 Å². The van der Waals surface area contributed by atoms with Gasteiger partial charge in [0.25, 0.3) is 0 Å². The van der Waals surface area contributed by atoms with Crippen LogP contribution in [0.15, 0.2) is 18.2 Å². The Morgan fingerprint density at radius 3 is 2.18 bits per heavy atom. The van der Waals surface area contributed by atoms with Gasteiger partial charge in [-0.25, -0.2) is 0 Å². The van der Waals surface area contributed by atoms with Gasteiger partial charge in [-0.1, -0.05) is 33.8 Å². The fourth-order valence-electron chi connectivity index (χ4n) is 1.76. The Morgan fingerprint density at radius 1 is 1.00 bits per heavy atom. The van der Waals surface area contributed by atoms with Crippen molar-refractivity contribution in [2.24, 2.45) is 11.8 Å². The van der Waals surface area contributed by atoms with E-state index in [-0.39, 0.29) is 6.61 Å². The van der Waals surface area contributed by atoms with Crippen LogP contribution in [-0.4, -0.2) is 11.7 Å². The molecule has 0 aromatic heterocycles. The summed E-state index contributed by atoms with van der Waals surface area (Å²) in [6.45, 7) is 9.44. The van der Waals surface area contributed by atoms with E-state index in [4.69, 9.17) is 4.74 Å². The fourth-order valence-corrected chi connectivity index (χ4v) is 1.76. The van der Waals surface area contributed by atoms with Crippen molar-refractivity contribution in [2.45, 2.75) is 40.7 Å². The molecule has 0 radical (unpaired) electrons. The van der Waals surface area contributed by atoms with Gasteiger partial charge < -0.3 is 9.84 Å². The maximum absolute atomic E-state index is 9.24. The number of aliphatic hydroxyl groups is 1. The van der Waals surface area contributed by atoms with Gasteiger partial charge in [-0.15, -0.1) is 0 Å². The summed E-state index contributed by atoms with van der Waals surface area (Å²) in [7, 11) is 0. The molecule has 0 fully saturated rings. The molecule has 0 saturated heterocycles. The third kappa shape index (κ3) is 5.22. The number of hydrogen-bond acceptors (Lipinski definition) is 2. The first-order chi connectivity index (χ1) is 8.01. The van der Waals surface area contributed by atoms with Gasteiger partial charge in [0.2, 0.25) is 0 Å². The van der Waals surface area contributed by atoms with Crippen molar-refractivity contribution >= 4 is 0 Å². The minimum atomic E-state index is 0.0734. The van der Waals surface area contributed by atoms with Gasteiger partial charge in [0, 0.05) is 0 Å². The maximum Gasteiger partial charge on any atom is 0.119 e. The number of benzene rings is 1. The molecule has 1 aromatic carbocycles. The molecule has 0 aliphatic rings. The zero-order valence-corrected chi connectivity index (χ0v) is 11.4. The molecule has 0 saturated carbocycles. The summed E-state index contributed by atoms with van der Waals surface area (Å²) in [4.78, 5) is 0. The predicted molar refractivity (Wildman–Crippen MR) is 71.2 cm³/mol. The van der Waals surface area contributed by atoms with Gasteiger partial charge >= 0.3 is 0 Å². The molecule has 0 unspecified atom stereocenters. The van der Waals surface area contributed by atoms with Crippen LogP contribution in [0, 0.1) is 11.8 Å². The van der Waals surface area contributed by atoms with E-state index < -0.39 is 0 Å². The van der Waals surface area contributed by atoms with Crippen LogP contribution in [0.2, 0.25) is 0 Å². The van der Waals surface area contributed by atoms with E-state index in [1.165, 1.54) is 5.56 Å². The first kappa shape index (κ1) is 14.0. The number of ether oxygens (including phenoxy) is 1. The van der Waals surface area contributed by atoms with E-state index in [2.05, 4.69) is 39.8 Å². The van der Waals surface area contributed by atoms with E-state index in [1.807, 2.05) is 6.07 Å². The molecule has 0 aliphatic heterocycles. The number of rotatable bonds is 6. The second-order valence-corrected chi connectivity index (χ2v) is 5.45. The first-order valence-electron chi connectivity index (χ1n) is 6.37. The third-order valence-corrected chi connectivity index (χ3v) is 2.44. The average molecular weight is 236 g/mol. The lowest BCUT2D eigenvalue weighted by Gasteiger charge is -2.13. The summed E-state index contributed by atoms with van der Waals surface area (Å²) in [5, 5.41) is 9.24. The van der Waals surface area contributed by atoms with Crippen LogP contribution in [0.25, 0.3) is 0 Å². The van der Waals surface area contributed by atoms with Crippen LogP contribution < -0.4 is 4.74 Å². The highest BCUT2D eigenvalue weighted by atomic mass is 16.5. The van der Waals surface area contributed by atoms with Crippen molar-refractivity contribution < 1.29 is 9.84 Å². The summed E-state index contributed by atoms with van der Waals surface area (Å²) in [6.07, 6.45) is 1.02. The highest BCUT2D eigenvalue weighted by Gasteiger charge is 2.05. The van der Waals surface area contributed by atoms with Crippen molar-refractivity contribution in [1.29, 1.82) is 0 Å². The lowest BCUT2D eigenvalue weighted by Crippen LogP contribution is -2.05. The molecule has 2 nitrogen and oxygen atoms in total. The number of hydrogen-bond donors (Lipinski definition) is 1. The van der Waals surface area contributed by atoms with E-state index in [0.717, 1.165) is 24.3 Å². The lowest BCUT2D eigenvalue weighted by molar-refractivity contribution is 0.265. The molecular weight excluding hydrogens is 212 g/mol. The normalized spacial score (nSPS) is 11.2. The Bertz CT molecular complexity index is 343. The molecule has 1 rings (SSSR count). The minimum absolute atomic E-state index is 0.0734. The zero-order chi connectivity index (χ0) is 12.8.